The van der Waals surface area contributed by atoms with Crippen molar-refractivity contribution in [1.82, 2.24) is 9.80 Å². The van der Waals surface area contributed by atoms with Crippen LogP contribution in [0.5, 0.6) is 0 Å². The molecular formula is C22H26ClN2O-. The first-order valence-corrected chi connectivity index (χ1v) is 9.43. The largest absolute Gasteiger partial charge is 1.00 e. The maximum absolute atomic E-state index is 12.4. The molecule has 4 heteroatoms. The van der Waals surface area contributed by atoms with E-state index < -0.39 is 0 Å². The van der Waals surface area contributed by atoms with Crippen molar-refractivity contribution in [2.24, 2.45) is 5.92 Å². The van der Waals surface area contributed by atoms with Gasteiger partial charge < -0.3 is 17.3 Å². The molecule has 0 bridgehead atoms. The fraction of sp³-hybridized carbons (Fsp3) is 0.409. The molecule has 0 unspecified atom stereocenters. The lowest BCUT2D eigenvalue weighted by molar-refractivity contribution is -0.0000147. The Morgan fingerprint density at radius 3 is 2.35 bits per heavy atom. The summed E-state index contributed by atoms with van der Waals surface area (Å²) in [6.07, 6.45) is 3.64. The Bertz CT molecular complexity index is 726. The van der Waals surface area contributed by atoms with Crippen LogP contribution in [-0.2, 0) is 13.1 Å². The molecule has 0 spiro atoms. The van der Waals surface area contributed by atoms with Crippen LogP contribution in [0.3, 0.4) is 0 Å². The molecule has 4 rings (SSSR count). The molecule has 2 heterocycles. The van der Waals surface area contributed by atoms with Crippen molar-refractivity contribution in [2.75, 3.05) is 19.6 Å². The Hall–Kier alpha value is -1.84. The van der Waals surface area contributed by atoms with Gasteiger partial charge in [-0.2, -0.15) is 0 Å². The summed E-state index contributed by atoms with van der Waals surface area (Å²) in [5.41, 5.74) is 3.49. The van der Waals surface area contributed by atoms with Gasteiger partial charge in [0.2, 0.25) is 0 Å². The maximum atomic E-state index is 12.4. The molecule has 0 atom stereocenters. The highest BCUT2D eigenvalue weighted by molar-refractivity contribution is 5.98. The van der Waals surface area contributed by atoms with Gasteiger partial charge in [0, 0.05) is 25.2 Å². The first-order valence-electron chi connectivity index (χ1n) is 9.43. The van der Waals surface area contributed by atoms with Crippen molar-refractivity contribution in [2.45, 2.75) is 32.4 Å². The number of hydrogen-bond donors (Lipinski definition) is 0. The van der Waals surface area contributed by atoms with Gasteiger partial charge in [-0.3, -0.25) is 9.69 Å². The number of carbonyl (C=O) groups is 1. The van der Waals surface area contributed by atoms with E-state index in [1.165, 1.54) is 37.1 Å². The van der Waals surface area contributed by atoms with Crippen LogP contribution in [0, 0.1) is 5.92 Å². The fourth-order valence-corrected chi connectivity index (χ4v) is 4.11. The Labute approximate surface area is 162 Å². The van der Waals surface area contributed by atoms with Crippen molar-refractivity contribution in [3.05, 3.63) is 71.3 Å². The van der Waals surface area contributed by atoms with E-state index in [0.717, 1.165) is 37.5 Å². The second-order valence-corrected chi connectivity index (χ2v) is 7.38. The third-order valence-corrected chi connectivity index (χ3v) is 5.66. The number of carbonyl (C=O) groups excluding carboxylic acids is 1. The molecule has 0 aliphatic carbocycles. The van der Waals surface area contributed by atoms with Crippen LogP contribution in [0.25, 0.3) is 0 Å². The molecule has 0 aromatic heterocycles. The zero-order chi connectivity index (χ0) is 17.1. The fourth-order valence-electron chi connectivity index (χ4n) is 4.11. The Morgan fingerprint density at radius 1 is 0.923 bits per heavy atom. The highest BCUT2D eigenvalue weighted by Crippen LogP contribution is 2.26. The lowest BCUT2D eigenvalue weighted by Crippen LogP contribution is -3.00. The summed E-state index contributed by atoms with van der Waals surface area (Å²) < 4.78 is 0. The van der Waals surface area contributed by atoms with E-state index in [4.69, 9.17) is 0 Å². The zero-order valence-corrected chi connectivity index (χ0v) is 15.9. The van der Waals surface area contributed by atoms with Gasteiger partial charge in [-0.1, -0.05) is 48.5 Å². The van der Waals surface area contributed by atoms with Crippen molar-refractivity contribution in [3.8, 4) is 0 Å². The van der Waals surface area contributed by atoms with Crippen LogP contribution in [0.15, 0.2) is 54.6 Å². The molecule has 1 saturated heterocycles. The predicted molar refractivity (Wildman–Crippen MR) is 100 cm³/mol. The summed E-state index contributed by atoms with van der Waals surface area (Å²) >= 11 is 0. The van der Waals surface area contributed by atoms with Gasteiger partial charge in [0.15, 0.2) is 0 Å². The van der Waals surface area contributed by atoms with E-state index in [-0.39, 0.29) is 18.3 Å². The highest BCUT2D eigenvalue weighted by Gasteiger charge is 2.27. The minimum atomic E-state index is 0. The number of benzene rings is 2. The Kier molecular flexibility index (Phi) is 6.33. The summed E-state index contributed by atoms with van der Waals surface area (Å²) in [4.78, 5) is 17.0. The molecule has 26 heavy (non-hydrogen) atoms. The van der Waals surface area contributed by atoms with Gasteiger partial charge >= 0.3 is 0 Å². The van der Waals surface area contributed by atoms with Crippen LogP contribution < -0.4 is 12.4 Å². The monoisotopic (exact) mass is 369 g/mol. The van der Waals surface area contributed by atoms with Gasteiger partial charge in [0.25, 0.3) is 5.91 Å². The molecule has 0 saturated carbocycles. The van der Waals surface area contributed by atoms with E-state index in [2.05, 4.69) is 41.3 Å². The number of amides is 1. The molecule has 138 valence electrons. The second-order valence-electron chi connectivity index (χ2n) is 7.38. The topological polar surface area (TPSA) is 23.6 Å². The van der Waals surface area contributed by atoms with Gasteiger partial charge in [-0.15, -0.1) is 0 Å². The molecule has 2 aromatic rings. The smallest absolute Gasteiger partial charge is 0.254 e. The second kappa shape index (κ2) is 8.70. The van der Waals surface area contributed by atoms with Crippen molar-refractivity contribution < 1.29 is 17.2 Å². The minimum Gasteiger partial charge on any atom is -1.00 e. The van der Waals surface area contributed by atoms with Gasteiger partial charge in [-0.05, 0) is 55.5 Å². The number of fused-ring (bicyclic) bond motifs is 1. The van der Waals surface area contributed by atoms with E-state index in [1.54, 1.807) is 0 Å². The number of hydrogen-bond acceptors (Lipinski definition) is 2. The highest BCUT2D eigenvalue weighted by atomic mass is 35.5. The minimum absolute atomic E-state index is 0. The summed E-state index contributed by atoms with van der Waals surface area (Å²) in [6, 6.07) is 18.8. The molecule has 2 aliphatic heterocycles. The van der Waals surface area contributed by atoms with E-state index in [1.807, 2.05) is 23.1 Å². The lowest BCUT2D eigenvalue weighted by atomic mass is 9.93. The molecule has 0 N–H and O–H groups in total. The van der Waals surface area contributed by atoms with Gasteiger partial charge in [0.1, 0.15) is 0 Å². The Balaban J connectivity index is 0.00000196. The van der Waals surface area contributed by atoms with Crippen LogP contribution in [0.4, 0.5) is 0 Å². The number of nitrogens with zero attached hydrogens (tertiary/aromatic N) is 2. The SMILES string of the molecule is O=C1c2ccccc2CN1CCC1CCN(Cc2ccccc2)CC1.[Cl-]. The summed E-state index contributed by atoms with van der Waals surface area (Å²) in [5.74, 6) is 0.973. The number of piperidine rings is 1. The normalized spacial score (nSPS) is 17.8. The van der Waals surface area contributed by atoms with E-state index in [0.29, 0.717) is 0 Å². The van der Waals surface area contributed by atoms with Crippen molar-refractivity contribution in [1.29, 1.82) is 0 Å². The number of likely N-dealkylation sites (tertiary alicyclic amines) is 1. The Morgan fingerprint density at radius 2 is 1.62 bits per heavy atom. The molecule has 2 aliphatic rings. The standard InChI is InChI=1S/C22H26N2O.ClH/c25-22-21-9-5-4-8-20(21)17-24(22)15-12-18-10-13-23(14-11-18)16-19-6-2-1-3-7-19;/h1-9,18H,10-17H2;1H/p-1. The van der Waals surface area contributed by atoms with E-state index in [9.17, 15) is 4.79 Å². The number of halogens is 1. The summed E-state index contributed by atoms with van der Waals surface area (Å²) in [7, 11) is 0. The molecule has 3 nitrogen and oxygen atoms in total. The van der Waals surface area contributed by atoms with Crippen molar-refractivity contribution in [3.63, 3.8) is 0 Å². The first kappa shape index (κ1) is 18.9. The van der Waals surface area contributed by atoms with Gasteiger partial charge in [-0.25, -0.2) is 0 Å². The van der Waals surface area contributed by atoms with Crippen LogP contribution >= 0.6 is 0 Å². The first-order chi connectivity index (χ1) is 12.3. The molecule has 0 radical (unpaired) electrons. The summed E-state index contributed by atoms with van der Waals surface area (Å²) in [5, 5.41) is 0. The quantitative estimate of drug-likeness (QED) is 0.783. The maximum Gasteiger partial charge on any atom is 0.254 e. The molecular weight excluding hydrogens is 344 g/mol. The molecule has 2 aromatic carbocycles. The number of rotatable bonds is 5. The summed E-state index contributed by atoms with van der Waals surface area (Å²) in [6.45, 7) is 5.10. The molecule has 1 fully saturated rings. The van der Waals surface area contributed by atoms with Crippen LogP contribution in [-0.4, -0.2) is 35.3 Å². The lowest BCUT2D eigenvalue weighted by Gasteiger charge is -2.32. The zero-order valence-electron chi connectivity index (χ0n) is 15.1. The average molecular weight is 370 g/mol. The third kappa shape index (κ3) is 4.28. The van der Waals surface area contributed by atoms with Crippen LogP contribution in [0.2, 0.25) is 0 Å². The van der Waals surface area contributed by atoms with E-state index >= 15 is 0 Å². The van der Waals surface area contributed by atoms with Crippen molar-refractivity contribution >= 4 is 5.91 Å². The third-order valence-electron chi connectivity index (χ3n) is 5.66. The molecule has 1 amide bonds. The van der Waals surface area contributed by atoms with Gasteiger partial charge in [0.05, 0.1) is 0 Å². The van der Waals surface area contributed by atoms with Crippen LogP contribution in [0.1, 0.15) is 40.7 Å². The predicted octanol–water partition coefficient (Wildman–Crippen LogP) is 0.949. The average Bonchev–Trinajstić information content (AvgIpc) is 2.98.